The van der Waals surface area contributed by atoms with Crippen LogP contribution >= 0.6 is 17.9 Å². The van der Waals surface area contributed by atoms with Gasteiger partial charge in [0, 0.05) is 0 Å². The molecule has 0 aliphatic heterocycles. The molecule has 0 atom stereocenters. The summed E-state index contributed by atoms with van der Waals surface area (Å²) in [5.41, 5.74) is 5.20. The van der Waals surface area contributed by atoms with Gasteiger partial charge in [-0.15, -0.1) is 0 Å². The van der Waals surface area contributed by atoms with Crippen LogP contribution in [0, 0.1) is 27.7 Å². The fourth-order valence-electron chi connectivity index (χ4n) is 2.25. The molecule has 2 aromatic carbocycles. The van der Waals surface area contributed by atoms with E-state index in [1.807, 2.05) is 0 Å². The molecule has 0 spiro atoms. The van der Waals surface area contributed by atoms with E-state index in [0.717, 1.165) is 0 Å². The van der Waals surface area contributed by atoms with Gasteiger partial charge in [0.05, 0.1) is 0 Å². The van der Waals surface area contributed by atoms with Crippen LogP contribution in [-0.2, 0) is 0 Å². The molecule has 0 radical (unpaired) electrons. The molecule has 0 nitrogen and oxygen atoms in total. The van der Waals surface area contributed by atoms with Crippen LogP contribution in [0.15, 0.2) is 36.4 Å². The number of rotatable bonds is 3. The quantitative estimate of drug-likeness (QED) is 0.527. The first-order valence-electron chi connectivity index (χ1n) is 6.37. The molecule has 4 heteroatoms. The Kier molecular flexibility index (Phi) is 5.76. The van der Waals surface area contributed by atoms with E-state index in [1.165, 1.54) is 29.5 Å². The molecule has 0 fully saturated rings. The molecule has 2 aromatic rings. The molecular weight excluding hydrogens is 518 g/mol. The monoisotopic (exact) mass is 540 g/mol. The summed E-state index contributed by atoms with van der Waals surface area (Å²) in [6.07, 6.45) is 0. The van der Waals surface area contributed by atoms with Crippen LogP contribution in [0.1, 0.15) is 22.3 Å². The Morgan fingerprint density at radius 3 is 1.60 bits per heavy atom. The molecule has 0 saturated carbocycles. The Labute approximate surface area is 139 Å². The minimum absolute atomic E-state index is 0.567. The third-order valence-electron chi connectivity index (χ3n) is 3.24. The summed E-state index contributed by atoms with van der Waals surface area (Å²) >= 11 is -3.56. The Balaban J connectivity index is 2.46. The van der Waals surface area contributed by atoms with Crippen molar-refractivity contribution in [2.75, 3.05) is 0 Å². The van der Waals surface area contributed by atoms with Gasteiger partial charge >= 0.3 is 141 Å². The van der Waals surface area contributed by atoms with Gasteiger partial charge in [-0.2, -0.15) is 0 Å². The van der Waals surface area contributed by atoms with Crippen molar-refractivity contribution in [1.82, 2.24) is 0 Å². The first-order valence-corrected chi connectivity index (χ1v) is 21.9. The van der Waals surface area contributed by atoms with E-state index in [2.05, 4.69) is 64.1 Å². The van der Waals surface area contributed by atoms with Gasteiger partial charge in [0.25, 0.3) is 0 Å². The number of benzene rings is 2. The van der Waals surface area contributed by atoms with E-state index < -0.39 is 29.1 Å². The third kappa shape index (κ3) is 3.67. The molecule has 0 saturated heterocycles. The van der Waals surface area contributed by atoms with E-state index in [9.17, 15) is 0 Å². The zero-order valence-corrected chi connectivity index (χ0v) is 18.2. The zero-order valence-electron chi connectivity index (χ0n) is 12.0. The second-order valence-electron chi connectivity index (χ2n) is 4.95. The van der Waals surface area contributed by atoms with Crippen molar-refractivity contribution < 1.29 is 0 Å². The van der Waals surface area contributed by atoms with Crippen LogP contribution in [0.4, 0.5) is 0 Å². The van der Waals surface area contributed by atoms with Crippen molar-refractivity contribution >= 4 is 54.3 Å². The summed E-state index contributed by atoms with van der Waals surface area (Å²) in [5.74, 6) is 0. The summed E-state index contributed by atoms with van der Waals surface area (Å²) < 4.78 is 2.73. The Hall–Kier alpha value is 0.599. The van der Waals surface area contributed by atoms with Crippen LogP contribution < -0.4 is 7.22 Å². The van der Waals surface area contributed by atoms with Gasteiger partial charge in [0.2, 0.25) is 0 Å². The predicted octanol–water partition coefficient (Wildman–Crippen LogP) is 3.57. The molecule has 0 unspecified atom stereocenters. The zero-order chi connectivity index (χ0) is 14.9. The van der Waals surface area contributed by atoms with E-state index in [-0.39, 0.29) is 0 Å². The van der Waals surface area contributed by atoms with Gasteiger partial charge in [-0.05, 0) is 0 Å². The molecule has 0 N–H and O–H groups in total. The molecule has 0 aliphatic rings. The van der Waals surface area contributed by atoms with Crippen molar-refractivity contribution in [1.29, 1.82) is 0 Å². The standard InChI is InChI=1S/C16H18Cl2Te2/c1-11-7-5-8-12(2)15(11)19-20(17,18)16-13(3)9-6-10-14(16)4/h5-10H,1-4H3. The minimum atomic E-state index is -3.00. The third-order valence-corrected chi connectivity index (χ3v) is 27.5. The molecule has 0 aromatic heterocycles. The van der Waals surface area contributed by atoms with Crippen LogP contribution in [0.2, 0.25) is 0 Å². The molecule has 0 bridgehead atoms. The van der Waals surface area contributed by atoms with E-state index in [4.69, 9.17) is 17.9 Å². The van der Waals surface area contributed by atoms with Gasteiger partial charge in [0.15, 0.2) is 0 Å². The van der Waals surface area contributed by atoms with Crippen molar-refractivity contribution in [2.24, 2.45) is 0 Å². The Morgan fingerprint density at radius 2 is 1.15 bits per heavy atom. The average Bonchev–Trinajstić information content (AvgIpc) is 2.33. The molecule has 0 heterocycles. The van der Waals surface area contributed by atoms with Crippen LogP contribution in [0.3, 0.4) is 0 Å². The first-order chi connectivity index (χ1) is 9.33. The summed E-state index contributed by atoms with van der Waals surface area (Å²) in [4.78, 5) is 0. The molecule has 20 heavy (non-hydrogen) atoms. The van der Waals surface area contributed by atoms with E-state index in [1.54, 1.807) is 0 Å². The van der Waals surface area contributed by atoms with E-state index >= 15 is 0 Å². The number of hydrogen-bond donors (Lipinski definition) is 0. The Bertz CT molecular complexity index is 596. The van der Waals surface area contributed by atoms with E-state index in [0.29, 0.717) is 0 Å². The summed E-state index contributed by atoms with van der Waals surface area (Å²) in [6.45, 7) is 8.60. The van der Waals surface area contributed by atoms with Gasteiger partial charge in [-0.25, -0.2) is 0 Å². The summed E-state index contributed by atoms with van der Waals surface area (Å²) in [5, 5.41) is 0. The number of halogens is 2. The van der Waals surface area contributed by atoms with Crippen molar-refractivity contribution in [3.8, 4) is 0 Å². The Morgan fingerprint density at radius 1 is 0.750 bits per heavy atom. The van der Waals surface area contributed by atoms with Crippen molar-refractivity contribution in [2.45, 2.75) is 27.7 Å². The predicted molar refractivity (Wildman–Crippen MR) is 94.3 cm³/mol. The van der Waals surface area contributed by atoms with Gasteiger partial charge in [-0.3, -0.25) is 0 Å². The topological polar surface area (TPSA) is 0 Å². The van der Waals surface area contributed by atoms with Crippen molar-refractivity contribution in [3.05, 3.63) is 58.7 Å². The molecule has 0 amide bonds. The second-order valence-corrected chi connectivity index (χ2v) is 37.9. The maximum atomic E-state index is 6.96. The number of hydrogen-bond acceptors (Lipinski definition) is 0. The first kappa shape index (κ1) is 17.0. The molecule has 2 rings (SSSR count). The average molecular weight is 536 g/mol. The van der Waals surface area contributed by atoms with Crippen LogP contribution in [0.25, 0.3) is 0 Å². The van der Waals surface area contributed by atoms with Gasteiger partial charge in [-0.1, -0.05) is 0 Å². The van der Waals surface area contributed by atoms with Crippen molar-refractivity contribution in [3.63, 3.8) is 0 Å². The molecular formula is C16H18Cl2Te2. The fourth-order valence-corrected chi connectivity index (χ4v) is 31.4. The maximum absolute atomic E-state index is 6.96. The molecule has 108 valence electrons. The van der Waals surface area contributed by atoms with Gasteiger partial charge < -0.3 is 0 Å². The fraction of sp³-hybridized carbons (Fsp3) is 0.250. The van der Waals surface area contributed by atoms with Crippen LogP contribution in [0.5, 0.6) is 0 Å². The molecule has 0 aliphatic carbocycles. The van der Waals surface area contributed by atoms with Crippen LogP contribution in [-0.4, -0.2) is 29.1 Å². The second kappa shape index (κ2) is 6.79. The summed E-state index contributed by atoms with van der Waals surface area (Å²) in [6, 6.07) is 12.8. The summed E-state index contributed by atoms with van der Waals surface area (Å²) in [7, 11) is 13.9. The normalized spacial score (nSPS) is 12.5. The number of aryl methyl sites for hydroxylation is 4. The SMILES string of the molecule is Cc1cccc(C)c1[Te][Te](Cl)(Cl)c1c(C)cccc1C. The van der Waals surface area contributed by atoms with Gasteiger partial charge in [0.1, 0.15) is 0 Å².